The maximum absolute atomic E-state index is 11.9. The average molecular weight is 417 g/mol. The van der Waals surface area contributed by atoms with Crippen molar-refractivity contribution in [3.63, 3.8) is 0 Å². The van der Waals surface area contributed by atoms with Gasteiger partial charge >= 0.3 is 5.97 Å². The number of hydrogen-bond acceptors (Lipinski definition) is 4. The van der Waals surface area contributed by atoms with Crippen molar-refractivity contribution in [3.8, 4) is 0 Å². The zero-order valence-electron chi connectivity index (χ0n) is 19.2. The Hall–Kier alpha value is -1.29. The van der Waals surface area contributed by atoms with Gasteiger partial charge in [0.15, 0.2) is 5.76 Å². The summed E-state index contributed by atoms with van der Waals surface area (Å²) in [5, 5.41) is 20.4. The monoisotopic (exact) mass is 416 g/mol. The van der Waals surface area contributed by atoms with E-state index in [1.165, 1.54) is 31.3 Å². The summed E-state index contributed by atoms with van der Waals surface area (Å²) >= 11 is 0. The van der Waals surface area contributed by atoms with E-state index in [4.69, 9.17) is 4.74 Å². The fraction of sp³-hybridized carbons (Fsp3) is 0.808. The van der Waals surface area contributed by atoms with Gasteiger partial charge in [-0.25, -0.2) is 4.79 Å². The molecule has 0 bridgehead atoms. The molecule has 4 aliphatic carbocycles. The lowest BCUT2D eigenvalue weighted by molar-refractivity contribution is -0.141. The molecule has 0 aromatic rings. The summed E-state index contributed by atoms with van der Waals surface area (Å²) < 4.78 is 4.96. The van der Waals surface area contributed by atoms with E-state index in [0.717, 1.165) is 37.5 Å². The zero-order valence-corrected chi connectivity index (χ0v) is 19.2. The molecule has 0 aromatic carbocycles. The number of aliphatic hydroxyl groups is 2. The van der Waals surface area contributed by atoms with Crippen LogP contribution < -0.4 is 0 Å². The van der Waals surface area contributed by atoms with E-state index in [0.29, 0.717) is 11.8 Å². The van der Waals surface area contributed by atoms with Crippen LogP contribution in [0.15, 0.2) is 23.5 Å². The summed E-state index contributed by atoms with van der Waals surface area (Å²) in [6.07, 6.45) is 13.1. The van der Waals surface area contributed by atoms with Gasteiger partial charge in [-0.15, -0.1) is 0 Å². The molecule has 0 spiro atoms. The molecule has 30 heavy (non-hydrogen) atoms. The Balaban J connectivity index is 1.54. The largest absolute Gasteiger partial charge is 0.502 e. The molecule has 4 rings (SSSR count). The van der Waals surface area contributed by atoms with Crippen molar-refractivity contribution < 1.29 is 19.7 Å². The number of allylic oxidation sites excluding steroid dienone is 2. The van der Waals surface area contributed by atoms with Gasteiger partial charge < -0.3 is 14.9 Å². The lowest BCUT2D eigenvalue weighted by Crippen LogP contribution is -2.50. The van der Waals surface area contributed by atoms with E-state index in [-0.39, 0.29) is 35.2 Å². The molecular weight excluding hydrogens is 376 g/mol. The van der Waals surface area contributed by atoms with Crippen LogP contribution in [0.5, 0.6) is 0 Å². The first-order valence-electron chi connectivity index (χ1n) is 12.2. The topological polar surface area (TPSA) is 66.8 Å². The Kier molecular flexibility index (Phi) is 5.85. The lowest BCUT2D eigenvalue weighted by atomic mass is 9.47. The fourth-order valence-corrected chi connectivity index (χ4v) is 8.18. The average Bonchev–Trinajstić information content (AvgIpc) is 3.06. The minimum atomic E-state index is -0.606. The molecule has 0 heterocycles. The van der Waals surface area contributed by atoms with Crippen molar-refractivity contribution in [1.82, 2.24) is 0 Å². The molecule has 0 aliphatic heterocycles. The first-order chi connectivity index (χ1) is 14.2. The van der Waals surface area contributed by atoms with Crippen LogP contribution in [0.3, 0.4) is 0 Å². The molecule has 4 aliphatic rings. The number of esters is 1. The molecular formula is C26H40O4. The van der Waals surface area contributed by atoms with Gasteiger partial charge in [0.2, 0.25) is 0 Å². The van der Waals surface area contributed by atoms with Crippen LogP contribution >= 0.6 is 0 Å². The third-order valence-corrected chi connectivity index (χ3v) is 9.69. The molecule has 4 heteroatoms. The predicted molar refractivity (Wildman–Crippen MR) is 118 cm³/mol. The van der Waals surface area contributed by atoms with Gasteiger partial charge in [-0.1, -0.05) is 32.4 Å². The SMILES string of the molecule is CCOC(=O)/C(O)=C\[C@@H](C)[C@H]1CCC2C3CC=C4C[C@@H](O)CC[C@]4(C)C3CC[C@@]21C. The van der Waals surface area contributed by atoms with Gasteiger partial charge in [-0.2, -0.15) is 0 Å². The number of fused-ring (bicyclic) bond motifs is 5. The molecule has 0 aromatic heterocycles. The molecule has 2 N–H and O–H groups in total. The number of ether oxygens (including phenoxy) is 1. The van der Waals surface area contributed by atoms with Crippen LogP contribution in [-0.4, -0.2) is 28.9 Å². The van der Waals surface area contributed by atoms with Crippen LogP contribution in [0, 0.1) is 40.4 Å². The molecule has 3 unspecified atom stereocenters. The number of aliphatic hydroxyl groups excluding tert-OH is 2. The fourth-order valence-electron chi connectivity index (χ4n) is 8.18. The zero-order chi connectivity index (χ0) is 21.7. The van der Waals surface area contributed by atoms with Crippen molar-refractivity contribution in [2.24, 2.45) is 40.4 Å². The molecule has 0 saturated heterocycles. The van der Waals surface area contributed by atoms with E-state index >= 15 is 0 Å². The Bertz CT molecular complexity index is 739. The number of carbonyl (C=O) groups excluding carboxylic acids is 1. The van der Waals surface area contributed by atoms with Gasteiger partial charge in [0.05, 0.1) is 12.7 Å². The van der Waals surface area contributed by atoms with Crippen molar-refractivity contribution in [2.45, 2.75) is 85.2 Å². The molecule has 3 fully saturated rings. The smallest absolute Gasteiger partial charge is 0.373 e. The lowest BCUT2D eigenvalue weighted by Gasteiger charge is -2.58. The second kappa shape index (κ2) is 8.00. The summed E-state index contributed by atoms with van der Waals surface area (Å²) in [6, 6.07) is 0. The van der Waals surface area contributed by atoms with E-state index in [1.807, 2.05) is 0 Å². The number of carbonyl (C=O) groups is 1. The first kappa shape index (κ1) is 21.9. The second-order valence-electron chi connectivity index (χ2n) is 11.0. The quantitative estimate of drug-likeness (QED) is 0.272. The number of rotatable bonds is 4. The Morgan fingerprint density at radius 3 is 2.73 bits per heavy atom. The second-order valence-corrected chi connectivity index (χ2v) is 11.0. The maximum Gasteiger partial charge on any atom is 0.373 e. The molecule has 168 valence electrons. The summed E-state index contributed by atoms with van der Waals surface area (Å²) in [7, 11) is 0. The molecule has 0 amide bonds. The van der Waals surface area contributed by atoms with E-state index in [2.05, 4.69) is 26.8 Å². The van der Waals surface area contributed by atoms with Crippen molar-refractivity contribution in [2.75, 3.05) is 6.61 Å². The highest BCUT2D eigenvalue weighted by Gasteiger charge is 2.59. The normalized spacial score (nSPS) is 44.4. The molecule has 8 atom stereocenters. The Morgan fingerprint density at radius 2 is 2.00 bits per heavy atom. The van der Waals surface area contributed by atoms with E-state index < -0.39 is 5.97 Å². The summed E-state index contributed by atoms with van der Waals surface area (Å²) in [5.41, 5.74) is 2.06. The van der Waals surface area contributed by atoms with Gasteiger partial charge in [-0.05, 0) is 105 Å². The molecule has 3 saturated carbocycles. The van der Waals surface area contributed by atoms with Crippen LogP contribution in [0.4, 0.5) is 0 Å². The number of hydrogen-bond donors (Lipinski definition) is 2. The van der Waals surface area contributed by atoms with Crippen molar-refractivity contribution in [3.05, 3.63) is 23.5 Å². The van der Waals surface area contributed by atoms with Gasteiger partial charge in [0, 0.05) is 0 Å². The van der Waals surface area contributed by atoms with Crippen molar-refractivity contribution >= 4 is 5.97 Å². The van der Waals surface area contributed by atoms with Gasteiger partial charge in [-0.3, -0.25) is 0 Å². The Labute approximate surface area is 181 Å². The van der Waals surface area contributed by atoms with E-state index in [1.54, 1.807) is 13.0 Å². The van der Waals surface area contributed by atoms with Crippen LogP contribution in [0.2, 0.25) is 0 Å². The Morgan fingerprint density at radius 1 is 1.23 bits per heavy atom. The van der Waals surface area contributed by atoms with E-state index in [9.17, 15) is 15.0 Å². The first-order valence-corrected chi connectivity index (χ1v) is 12.2. The minimum Gasteiger partial charge on any atom is -0.502 e. The van der Waals surface area contributed by atoms with Crippen LogP contribution in [-0.2, 0) is 9.53 Å². The van der Waals surface area contributed by atoms with Gasteiger partial charge in [0.1, 0.15) is 0 Å². The third-order valence-electron chi connectivity index (χ3n) is 9.69. The summed E-state index contributed by atoms with van der Waals surface area (Å²) in [6.45, 7) is 9.14. The van der Waals surface area contributed by atoms with Crippen LogP contribution in [0.25, 0.3) is 0 Å². The highest BCUT2D eigenvalue weighted by molar-refractivity contribution is 5.85. The standard InChI is InChI=1S/C26H40O4/c1-5-30-24(29)23(28)14-16(2)20-8-9-21-19-7-6-17-15-18(27)10-12-25(17,3)22(19)11-13-26(20,21)4/h6,14,16,18-22,27-28H,5,7-13,15H2,1-4H3/b23-14+/t16-,18+,19?,20-,21?,22?,25+,26-/m1/s1. The van der Waals surface area contributed by atoms with Crippen molar-refractivity contribution in [1.29, 1.82) is 0 Å². The summed E-state index contributed by atoms with van der Waals surface area (Å²) in [5.74, 6) is 1.99. The molecule has 0 radical (unpaired) electrons. The van der Waals surface area contributed by atoms with Crippen LogP contribution in [0.1, 0.15) is 79.1 Å². The highest BCUT2D eigenvalue weighted by atomic mass is 16.5. The third kappa shape index (κ3) is 3.43. The van der Waals surface area contributed by atoms with Gasteiger partial charge in [0.25, 0.3) is 0 Å². The molecule has 4 nitrogen and oxygen atoms in total. The highest BCUT2D eigenvalue weighted by Crippen LogP contribution is 2.67. The maximum atomic E-state index is 11.9. The predicted octanol–water partition coefficient (Wildman–Crippen LogP) is 5.57. The summed E-state index contributed by atoms with van der Waals surface area (Å²) in [4.78, 5) is 11.9. The minimum absolute atomic E-state index is 0.148.